The zero-order valence-corrected chi connectivity index (χ0v) is 13.7. The van der Waals surface area contributed by atoms with Gasteiger partial charge in [0.15, 0.2) is 11.6 Å². The van der Waals surface area contributed by atoms with Crippen LogP contribution in [0.4, 0.5) is 8.78 Å². The minimum Gasteiger partial charge on any atom is -0.386 e. The molecule has 124 valence electrons. The Hall–Kier alpha value is -1.79. The molecule has 3 unspecified atom stereocenters. The van der Waals surface area contributed by atoms with Crippen molar-refractivity contribution in [2.45, 2.75) is 32.4 Å². The first-order chi connectivity index (χ1) is 10.9. The Bertz CT molecular complexity index is 661. The standard InChI is InChI=1S/C17H19F2NO2S/c1-10(8-13-4-3-7-23-13)17(22)20-11(2)16(21)12-5-6-14(18)15(19)9-12/h3-7,9-11,16,21H,8H2,1-2H3,(H,20,22). The maximum atomic E-state index is 13.2. The summed E-state index contributed by atoms with van der Waals surface area (Å²) in [5.41, 5.74) is 0.225. The lowest BCUT2D eigenvalue weighted by Crippen LogP contribution is -2.40. The number of aliphatic hydroxyl groups is 1. The molecule has 1 heterocycles. The molecule has 23 heavy (non-hydrogen) atoms. The van der Waals surface area contributed by atoms with Gasteiger partial charge in [0.05, 0.1) is 12.1 Å². The van der Waals surface area contributed by atoms with Crippen LogP contribution in [0.25, 0.3) is 0 Å². The second kappa shape index (κ2) is 7.66. The van der Waals surface area contributed by atoms with Crippen LogP contribution in [0.2, 0.25) is 0 Å². The van der Waals surface area contributed by atoms with Crippen molar-refractivity contribution in [1.29, 1.82) is 0 Å². The highest BCUT2D eigenvalue weighted by molar-refractivity contribution is 7.09. The first-order valence-electron chi connectivity index (χ1n) is 7.34. The summed E-state index contributed by atoms with van der Waals surface area (Å²) in [6.07, 6.45) is -0.486. The van der Waals surface area contributed by atoms with Gasteiger partial charge in [-0.15, -0.1) is 11.3 Å². The summed E-state index contributed by atoms with van der Waals surface area (Å²) < 4.78 is 26.2. The highest BCUT2D eigenvalue weighted by atomic mass is 32.1. The molecule has 2 rings (SSSR count). The van der Waals surface area contributed by atoms with Gasteiger partial charge in [-0.25, -0.2) is 8.78 Å². The number of halogens is 2. The van der Waals surface area contributed by atoms with E-state index >= 15 is 0 Å². The first-order valence-corrected chi connectivity index (χ1v) is 8.22. The van der Waals surface area contributed by atoms with Crippen LogP contribution in [0.1, 0.15) is 30.4 Å². The SMILES string of the molecule is CC(Cc1cccs1)C(=O)NC(C)C(O)c1ccc(F)c(F)c1. The molecule has 2 N–H and O–H groups in total. The molecule has 2 aromatic rings. The van der Waals surface area contributed by atoms with Gasteiger partial charge < -0.3 is 10.4 Å². The smallest absolute Gasteiger partial charge is 0.223 e. The van der Waals surface area contributed by atoms with Gasteiger partial charge >= 0.3 is 0 Å². The molecule has 3 nitrogen and oxygen atoms in total. The van der Waals surface area contributed by atoms with Gasteiger partial charge in [0.2, 0.25) is 5.91 Å². The van der Waals surface area contributed by atoms with Gasteiger partial charge in [0, 0.05) is 10.8 Å². The third-order valence-electron chi connectivity index (χ3n) is 3.66. The predicted molar refractivity (Wildman–Crippen MR) is 86.1 cm³/mol. The van der Waals surface area contributed by atoms with E-state index in [0.717, 1.165) is 17.0 Å². The summed E-state index contributed by atoms with van der Waals surface area (Å²) in [5, 5.41) is 14.9. The van der Waals surface area contributed by atoms with Crippen LogP contribution in [0, 0.1) is 17.6 Å². The minimum absolute atomic E-state index is 0.187. The summed E-state index contributed by atoms with van der Waals surface area (Å²) in [4.78, 5) is 13.3. The van der Waals surface area contributed by atoms with E-state index in [-0.39, 0.29) is 17.4 Å². The van der Waals surface area contributed by atoms with Crippen molar-refractivity contribution in [3.63, 3.8) is 0 Å². The topological polar surface area (TPSA) is 49.3 Å². The number of amides is 1. The van der Waals surface area contributed by atoms with Crippen LogP contribution in [-0.2, 0) is 11.2 Å². The number of nitrogens with one attached hydrogen (secondary N) is 1. The van der Waals surface area contributed by atoms with Gasteiger partial charge in [-0.2, -0.15) is 0 Å². The van der Waals surface area contributed by atoms with Crippen LogP contribution >= 0.6 is 11.3 Å². The minimum atomic E-state index is -1.11. The molecule has 3 atom stereocenters. The van der Waals surface area contributed by atoms with E-state index in [1.807, 2.05) is 24.4 Å². The zero-order chi connectivity index (χ0) is 17.0. The van der Waals surface area contributed by atoms with Gasteiger partial charge in [-0.1, -0.05) is 19.1 Å². The quantitative estimate of drug-likeness (QED) is 0.847. The van der Waals surface area contributed by atoms with E-state index in [1.54, 1.807) is 18.3 Å². The molecule has 0 saturated heterocycles. The number of benzene rings is 1. The highest BCUT2D eigenvalue weighted by Crippen LogP contribution is 2.20. The zero-order valence-electron chi connectivity index (χ0n) is 12.9. The number of hydrogen-bond donors (Lipinski definition) is 2. The van der Waals surface area contributed by atoms with Crippen molar-refractivity contribution < 1.29 is 18.7 Å². The molecular weight excluding hydrogens is 320 g/mol. The Labute approximate surface area is 138 Å². The lowest BCUT2D eigenvalue weighted by molar-refractivity contribution is -0.125. The Balaban J connectivity index is 1.95. The van der Waals surface area contributed by atoms with Crippen molar-refractivity contribution in [3.05, 3.63) is 57.8 Å². The Morgan fingerprint density at radius 2 is 2.00 bits per heavy atom. The van der Waals surface area contributed by atoms with Crippen molar-refractivity contribution in [2.75, 3.05) is 0 Å². The molecule has 1 aromatic heterocycles. The molecule has 0 radical (unpaired) electrons. The Kier molecular flexibility index (Phi) is 5.85. The van der Waals surface area contributed by atoms with Gasteiger partial charge in [-0.05, 0) is 42.5 Å². The van der Waals surface area contributed by atoms with Crippen LogP contribution in [0.15, 0.2) is 35.7 Å². The third-order valence-corrected chi connectivity index (χ3v) is 4.56. The summed E-state index contributed by atoms with van der Waals surface area (Å²) in [7, 11) is 0. The molecular formula is C17H19F2NO2S. The van der Waals surface area contributed by atoms with Crippen LogP contribution in [-0.4, -0.2) is 17.1 Å². The molecule has 6 heteroatoms. The van der Waals surface area contributed by atoms with Crippen LogP contribution in [0.3, 0.4) is 0 Å². The second-order valence-corrected chi connectivity index (χ2v) is 6.63. The van der Waals surface area contributed by atoms with Crippen molar-refractivity contribution in [1.82, 2.24) is 5.32 Å². The maximum absolute atomic E-state index is 13.2. The normalized spacial score (nSPS) is 15.0. The lowest BCUT2D eigenvalue weighted by atomic mass is 10.0. The number of aliphatic hydroxyl groups excluding tert-OH is 1. The molecule has 1 aromatic carbocycles. The van der Waals surface area contributed by atoms with Gasteiger partial charge in [-0.3, -0.25) is 4.79 Å². The number of carbonyl (C=O) groups is 1. The Morgan fingerprint density at radius 1 is 1.26 bits per heavy atom. The summed E-state index contributed by atoms with van der Waals surface area (Å²) in [6, 6.07) is 6.49. The van der Waals surface area contributed by atoms with Gasteiger partial charge in [0.25, 0.3) is 0 Å². The molecule has 0 aliphatic rings. The lowest BCUT2D eigenvalue weighted by Gasteiger charge is -2.22. The summed E-state index contributed by atoms with van der Waals surface area (Å²) >= 11 is 1.59. The molecule has 1 amide bonds. The highest BCUT2D eigenvalue weighted by Gasteiger charge is 2.22. The van der Waals surface area contributed by atoms with Crippen molar-refractivity contribution in [3.8, 4) is 0 Å². The van der Waals surface area contributed by atoms with Crippen LogP contribution < -0.4 is 5.32 Å². The van der Waals surface area contributed by atoms with Crippen molar-refractivity contribution >= 4 is 17.2 Å². The number of hydrogen-bond acceptors (Lipinski definition) is 3. The number of thiophene rings is 1. The summed E-state index contributed by atoms with van der Waals surface area (Å²) in [5.74, 6) is -2.42. The van der Waals surface area contributed by atoms with E-state index < -0.39 is 23.8 Å². The number of rotatable bonds is 6. The van der Waals surface area contributed by atoms with E-state index in [1.165, 1.54) is 6.07 Å². The molecule has 0 fully saturated rings. The molecule has 0 aliphatic carbocycles. The van der Waals surface area contributed by atoms with E-state index in [4.69, 9.17) is 0 Å². The fraction of sp³-hybridized carbons (Fsp3) is 0.353. The fourth-order valence-electron chi connectivity index (χ4n) is 2.25. The number of carbonyl (C=O) groups excluding carboxylic acids is 1. The molecule has 0 aliphatic heterocycles. The maximum Gasteiger partial charge on any atom is 0.223 e. The molecule has 0 spiro atoms. The van der Waals surface area contributed by atoms with Crippen molar-refractivity contribution in [2.24, 2.45) is 5.92 Å². The van der Waals surface area contributed by atoms with Gasteiger partial charge in [0.1, 0.15) is 0 Å². The largest absolute Gasteiger partial charge is 0.386 e. The molecule has 0 saturated carbocycles. The van der Waals surface area contributed by atoms with Crippen LogP contribution in [0.5, 0.6) is 0 Å². The monoisotopic (exact) mass is 339 g/mol. The second-order valence-electron chi connectivity index (χ2n) is 5.60. The average molecular weight is 339 g/mol. The average Bonchev–Trinajstić information content (AvgIpc) is 3.02. The van der Waals surface area contributed by atoms with E-state index in [9.17, 15) is 18.7 Å². The fourth-order valence-corrected chi connectivity index (χ4v) is 3.09. The predicted octanol–water partition coefficient (Wildman–Crippen LogP) is 3.44. The van der Waals surface area contributed by atoms with E-state index in [0.29, 0.717) is 6.42 Å². The molecule has 0 bridgehead atoms. The third kappa shape index (κ3) is 4.59. The summed E-state index contributed by atoms with van der Waals surface area (Å²) in [6.45, 7) is 3.44. The first kappa shape index (κ1) is 17.6. The van der Waals surface area contributed by atoms with E-state index in [2.05, 4.69) is 5.32 Å². The Morgan fingerprint density at radius 3 is 2.61 bits per heavy atom.